The molecule has 1 heterocycles. The Labute approximate surface area is 155 Å². The standard InChI is InChI=1S/C16H24N4O2.2ClH/c17-9-13-4-1-5-14(13)16(22)19-8-6-15(21)20-11-12-3-2-7-18-10-12;;/h2-3,7,10,13-14H,1,4-6,8-9,11,17H2,(H,19,22)(H,20,21);2*1H/t13-,14-;;/m1../s1. The van der Waals surface area contributed by atoms with Crippen molar-refractivity contribution in [1.29, 1.82) is 0 Å². The van der Waals surface area contributed by atoms with Crippen LogP contribution in [0.4, 0.5) is 0 Å². The molecule has 0 unspecified atom stereocenters. The molecule has 2 amide bonds. The van der Waals surface area contributed by atoms with Crippen molar-refractivity contribution in [2.75, 3.05) is 13.1 Å². The molecule has 24 heavy (non-hydrogen) atoms. The average molecular weight is 377 g/mol. The van der Waals surface area contributed by atoms with Gasteiger partial charge in [0.05, 0.1) is 0 Å². The van der Waals surface area contributed by atoms with Gasteiger partial charge in [0.1, 0.15) is 0 Å². The van der Waals surface area contributed by atoms with Gasteiger partial charge in [0.15, 0.2) is 0 Å². The monoisotopic (exact) mass is 376 g/mol. The Morgan fingerprint density at radius 2 is 2.04 bits per heavy atom. The summed E-state index contributed by atoms with van der Waals surface area (Å²) >= 11 is 0. The lowest BCUT2D eigenvalue weighted by atomic mass is 9.95. The topological polar surface area (TPSA) is 97.1 Å². The fourth-order valence-electron chi connectivity index (χ4n) is 2.89. The van der Waals surface area contributed by atoms with E-state index in [0.29, 0.717) is 25.6 Å². The zero-order valence-electron chi connectivity index (χ0n) is 13.6. The van der Waals surface area contributed by atoms with Gasteiger partial charge in [-0.1, -0.05) is 12.5 Å². The summed E-state index contributed by atoms with van der Waals surface area (Å²) in [6, 6.07) is 3.74. The third-order valence-corrected chi connectivity index (χ3v) is 4.16. The highest BCUT2D eigenvalue weighted by Gasteiger charge is 2.31. The highest BCUT2D eigenvalue weighted by Crippen LogP contribution is 2.30. The van der Waals surface area contributed by atoms with Crippen LogP contribution in [0, 0.1) is 11.8 Å². The molecule has 0 spiro atoms. The number of carbonyl (C=O) groups is 2. The van der Waals surface area contributed by atoms with Crippen molar-refractivity contribution in [3.05, 3.63) is 30.1 Å². The van der Waals surface area contributed by atoms with E-state index in [9.17, 15) is 9.59 Å². The molecule has 1 aromatic heterocycles. The predicted molar refractivity (Wildman–Crippen MR) is 98.1 cm³/mol. The van der Waals surface area contributed by atoms with E-state index in [-0.39, 0.29) is 49.0 Å². The minimum atomic E-state index is -0.0778. The van der Waals surface area contributed by atoms with Gasteiger partial charge in [-0.25, -0.2) is 0 Å². The lowest BCUT2D eigenvalue weighted by Crippen LogP contribution is -2.37. The molecule has 4 N–H and O–H groups in total. The smallest absolute Gasteiger partial charge is 0.223 e. The molecule has 1 aliphatic carbocycles. The molecule has 1 fully saturated rings. The van der Waals surface area contributed by atoms with Crippen LogP contribution in [0.1, 0.15) is 31.2 Å². The van der Waals surface area contributed by atoms with Crippen LogP contribution >= 0.6 is 24.8 Å². The Morgan fingerprint density at radius 3 is 2.71 bits per heavy atom. The van der Waals surface area contributed by atoms with Crippen molar-refractivity contribution in [3.8, 4) is 0 Å². The minimum Gasteiger partial charge on any atom is -0.355 e. The number of carbonyl (C=O) groups excluding carboxylic acids is 2. The molecule has 0 saturated heterocycles. The lowest BCUT2D eigenvalue weighted by Gasteiger charge is -2.17. The normalized spacial score (nSPS) is 18.9. The van der Waals surface area contributed by atoms with Crippen molar-refractivity contribution >= 4 is 36.6 Å². The second kappa shape index (κ2) is 12.1. The highest BCUT2D eigenvalue weighted by molar-refractivity contribution is 5.85. The summed E-state index contributed by atoms with van der Waals surface area (Å²) in [4.78, 5) is 27.8. The molecule has 1 aliphatic rings. The number of nitrogens with zero attached hydrogens (tertiary/aromatic N) is 1. The Hall–Kier alpha value is -1.37. The third kappa shape index (κ3) is 7.03. The maximum absolute atomic E-state index is 12.1. The number of hydrogen-bond donors (Lipinski definition) is 3. The van der Waals surface area contributed by atoms with Crippen molar-refractivity contribution in [3.63, 3.8) is 0 Å². The molecule has 1 saturated carbocycles. The Balaban J connectivity index is 0.00000264. The van der Waals surface area contributed by atoms with Crippen molar-refractivity contribution in [1.82, 2.24) is 15.6 Å². The van der Waals surface area contributed by atoms with E-state index in [2.05, 4.69) is 15.6 Å². The predicted octanol–water partition coefficient (Wildman–Crippen LogP) is 1.42. The van der Waals surface area contributed by atoms with Crippen LogP contribution in [0.25, 0.3) is 0 Å². The maximum Gasteiger partial charge on any atom is 0.223 e. The van der Waals surface area contributed by atoms with Crippen molar-refractivity contribution in [2.24, 2.45) is 17.6 Å². The molecule has 136 valence electrons. The fraction of sp³-hybridized carbons (Fsp3) is 0.562. The van der Waals surface area contributed by atoms with Crippen LogP contribution in [0.15, 0.2) is 24.5 Å². The number of amides is 2. The molecule has 8 heteroatoms. The van der Waals surface area contributed by atoms with E-state index in [1.54, 1.807) is 12.4 Å². The quantitative estimate of drug-likeness (QED) is 0.670. The Morgan fingerprint density at radius 1 is 1.25 bits per heavy atom. The van der Waals surface area contributed by atoms with E-state index in [1.165, 1.54) is 0 Å². The Kier molecular flexibility index (Phi) is 11.4. The zero-order chi connectivity index (χ0) is 15.8. The van der Waals surface area contributed by atoms with E-state index in [0.717, 1.165) is 24.8 Å². The number of rotatable bonds is 7. The molecule has 2 atom stereocenters. The number of nitrogens with two attached hydrogens (primary N) is 1. The molecule has 6 nitrogen and oxygen atoms in total. The van der Waals surface area contributed by atoms with Crippen LogP contribution in [0.2, 0.25) is 0 Å². The lowest BCUT2D eigenvalue weighted by molar-refractivity contribution is -0.126. The molecular weight excluding hydrogens is 351 g/mol. The van der Waals surface area contributed by atoms with Gasteiger partial charge in [0.25, 0.3) is 0 Å². The van der Waals surface area contributed by atoms with Crippen molar-refractivity contribution in [2.45, 2.75) is 32.2 Å². The maximum atomic E-state index is 12.1. The first-order chi connectivity index (χ1) is 10.7. The first-order valence-corrected chi connectivity index (χ1v) is 7.84. The van der Waals surface area contributed by atoms with Gasteiger partial charge in [0, 0.05) is 37.8 Å². The summed E-state index contributed by atoms with van der Waals surface area (Å²) in [6.07, 6.45) is 6.69. The van der Waals surface area contributed by atoms with Gasteiger partial charge in [-0.05, 0) is 36.9 Å². The zero-order valence-corrected chi connectivity index (χ0v) is 15.2. The van der Waals surface area contributed by atoms with Crippen LogP contribution in [-0.2, 0) is 16.1 Å². The van der Waals surface area contributed by atoms with Gasteiger partial charge in [0.2, 0.25) is 11.8 Å². The SMILES string of the molecule is Cl.Cl.NC[C@H]1CCC[C@H]1C(=O)NCCC(=O)NCc1cccnc1. The first kappa shape index (κ1) is 22.6. The van der Waals surface area contributed by atoms with Gasteiger partial charge >= 0.3 is 0 Å². The highest BCUT2D eigenvalue weighted by atomic mass is 35.5. The van der Waals surface area contributed by atoms with Gasteiger partial charge in [-0.15, -0.1) is 24.8 Å². The van der Waals surface area contributed by atoms with Gasteiger partial charge in [-0.2, -0.15) is 0 Å². The molecule has 2 rings (SSSR count). The third-order valence-electron chi connectivity index (χ3n) is 4.16. The number of halogens is 2. The van der Waals surface area contributed by atoms with E-state index in [1.807, 2.05) is 12.1 Å². The van der Waals surface area contributed by atoms with Crippen LogP contribution in [0.3, 0.4) is 0 Å². The second-order valence-electron chi connectivity index (χ2n) is 5.71. The van der Waals surface area contributed by atoms with Crippen LogP contribution < -0.4 is 16.4 Å². The summed E-state index contributed by atoms with van der Waals surface area (Å²) < 4.78 is 0. The summed E-state index contributed by atoms with van der Waals surface area (Å²) in [5, 5.41) is 5.66. The minimum absolute atomic E-state index is 0. The molecular formula is C16H26Cl2N4O2. The summed E-state index contributed by atoms with van der Waals surface area (Å²) in [6.45, 7) is 1.38. The first-order valence-electron chi connectivity index (χ1n) is 7.84. The summed E-state index contributed by atoms with van der Waals surface area (Å²) in [7, 11) is 0. The molecule has 1 aromatic rings. The molecule has 0 radical (unpaired) electrons. The largest absolute Gasteiger partial charge is 0.355 e. The second-order valence-corrected chi connectivity index (χ2v) is 5.71. The fourth-order valence-corrected chi connectivity index (χ4v) is 2.89. The summed E-state index contributed by atoms with van der Waals surface area (Å²) in [5.41, 5.74) is 6.64. The number of aromatic nitrogens is 1. The van der Waals surface area contributed by atoms with E-state index in [4.69, 9.17) is 5.73 Å². The number of hydrogen-bond acceptors (Lipinski definition) is 4. The average Bonchev–Trinajstić information content (AvgIpc) is 3.02. The van der Waals surface area contributed by atoms with E-state index >= 15 is 0 Å². The van der Waals surface area contributed by atoms with Gasteiger partial charge < -0.3 is 16.4 Å². The summed E-state index contributed by atoms with van der Waals surface area (Å²) in [5.74, 6) is 0.266. The van der Waals surface area contributed by atoms with Crippen molar-refractivity contribution < 1.29 is 9.59 Å². The molecule has 0 aromatic carbocycles. The van der Waals surface area contributed by atoms with Crippen LogP contribution in [0.5, 0.6) is 0 Å². The van der Waals surface area contributed by atoms with Crippen LogP contribution in [-0.4, -0.2) is 29.9 Å². The van der Waals surface area contributed by atoms with E-state index < -0.39 is 0 Å². The molecule has 0 aliphatic heterocycles. The number of pyridine rings is 1. The molecule has 0 bridgehead atoms. The number of nitrogens with one attached hydrogen (secondary N) is 2. The van der Waals surface area contributed by atoms with Gasteiger partial charge in [-0.3, -0.25) is 14.6 Å². The Bertz CT molecular complexity index is 502.